The molecule has 1 aliphatic heterocycles. The number of aryl methyl sites for hydroxylation is 1. The van der Waals surface area contributed by atoms with Crippen molar-refractivity contribution >= 4 is 16.8 Å². The molecule has 4 rings (SSSR count). The van der Waals surface area contributed by atoms with Crippen molar-refractivity contribution in [1.29, 1.82) is 0 Å². The summed E-state index contributed by atoms with van der Waals surface area (Å²) in [5.41, 5.74) is 2.81. The van der Waals surface area contributed by atoms with Crippen molar-refractivity contribution in [3.63, 3.8) is 0 Å². The number of hydrogen-bond donors (Lipinski definition) is 1. The molecule has 1 fully saturated rings. The molecule has 1 amide bonds. The number of benzene rings is 1. The summed E-state index contributed by atoms with van der Waals surface area (Å²) in [6.07, 6.45) is 5.11. The molecule has 144 valence electrons. The van der Waals surface area contributed by atoms with Crippen molar-refractivity contribution in [1.82, 2.24) is 14.9 Å². The van der Waals surface area contributed by atoms with Gasteiger partial charge in [-0.2, -0.15) is 0 Å². The molecule has 0 aliphatic carbocycles. The number of H-pyrrole nitrogens is 1. The smallest absolute Gasteiger partial charge is 0.255 e. The number of ether oxygens (including phenoxy) is 1. The molecule has 0 spiro atoms. The van der Waals surface area contributed by atoms with Gasteiger partial charge in [-0.1, -0.05) is 11.6 Å². The van der Waals surface area contributed by atoms with Gasteiger partial charge in [0.2, 0.25) is 0 Å². The topological polar surface area (TPSA) is 75.3 Å². The van der Waals surface area contributed by atoms with E-state index in [2.05, 4.69) is 9.97 Å². The Morgan fingerprint density at radius 3 is 2.96 bits per heavy atom. The minimum Gasteiger partial charge on any atom is -0.376 e. The van der Waals surface area contributed by atoms with Crippen molar-refractivity contribution < 1.29 is 9.53 Å². The summed E-state index contributed by atoms with van der Waals surface area (Å²) in [5.74, 6) is -0.146. The Hall–Kier alpha value is -2.99. The molecule has 0 saturated carbocycles. The van der Waals surface area contributed by atoms with Gasteiger partial charge in [0.1, 0.15) is 0 Å². The van der Waals surface area contributed by atoms with E-state index in [4.69, 9.17) is 4.74 Å². The molecule has 0 radical (unpaired) electrons. The van der Waals surface area contributed by atoms with E-state index in [9.17, 15) is 9.59 Å². The number of aromatic nitrogens is 2. The summed E-state index contributed by atoms with van der Waals surface area (Å²) in [6, 6.07) is 11.3. The van der Waals surface area contributed by atoms with Crippen LogP contribution in [0.2, 0.25) is 0 Å². The highest BCUT2D eigenvalue weighted by Crippen LogP contribution is 2.18. The van der Waals surface area contributed by atoms with Gasteiger partial charge < -0.3 is 14.6 Å². The molecule has 1 aliphatic rings. The minimum absolute atomic E-state index is 0.00223. The van der Waals surface area contributed by atoms with Crippen molar-refractivity contribution in [2.45, 2.75) is 32.4 Å². The third kappa shape index (κ3) is 3.97. The van der Waals surface area contributed by atoms with E-state index in [1.165, 1.54) is 0 Å². The number of fused-ring (bicyclic) bond motifs is 1. The van der Waals surface area contributed by atoms with E-state index >= 15 is 0 Å². The normalized spacial score (nSPS) is 16.4. The van der Waals surface area contributed by atoms with Gasteiger partial charge >= 0.3 is 0 Å². The van der Waals surface area contributed by atoms with Gasteiger partial charge in [-0.05, 0) is 55.5 Å². The molecule has 1 saturated heterocycles. The molecule has 0 unspecified atom stereocenters. The number of nitrogens with zero attached hydrogens (tertiary/aromatic N) is 2. The van der Waals surface area contributed by atoms with Crippen molar-refractivity contribution in [2.24, 2.45) is 0 Å². The Balaban J connectivity index is 1.66. The predicted octanol–water partition coefficient (Wildman–Crippen LogP) is 3.05. The van der Waals surface area contributed by atoms with Crippen LogP contribution in [0.5, 0.6) is 0 Å². The van der Waals surface area contributed by atoms with Crippen LogP contribution in [0.1, 0.15) is 34.3 Å². The Bertz CT molecular complexity index is 1040. The SMILES string of the molecule is Cc1ccc2[nH]c(=O)c(CN(C[C@@H]3CCCO3)C(=O)c3cccnc3)cc2c1. The molecule has 28 heavy (non-hydrogen) atoms. The molecular weight excluding hydrogens is 354 g/mol. The number of carbonyl (C=O) groups excluding carboxylic acids is 1. The van der Waals surface area contributed by atoms with Crippen LogP contribution in [0.3, 0.4) is 0 Å². The van der Waals surface area contributed by atoms with E-state index in [1.54, 1.807) is 29.4 Å². The second-order valence-electron chi connectivity index (χ2n) is 7.28. The zero-order valence-corrected chi connectivity index (χ0v) is 15.9. The van der Waals surface area contributed by atoms with Gasteiger partial charge in [0.15, 0.2) is 0 Å². The number of nitrogens with one attached hydrogen (secondary N) is 1. The van der Waals surface area contributed by atoms with Crippen molar-refractivity contribution in [3.8, 4) is 0 Å². The number of hydrogen-bond acceptors (Lipinski definition) is 4. The number of aromatic amines is 1. The predicted molar refractivity (Wildman–Crippen MR) is 107 cm³/mol. The van der Waals surface area contributed by atoms with Crippen LogP contribution in [0.4, 0.5) is 0 Å². The highest BCUT2D eigenvalue weighted by atomic mass is 16.5. The summed E-state index contributed by atoms with van der Waals surface area (Å²) in [7, 11) is 0. The molecular formula is C22H23N3O3. The van der Waals surface area contributed by atoms with Gasteiger partial charge in [-0.15, -0.1) is 0 Å². The van der Waals surface area contributed by atoms with E-state index in [-0.39, 0.29) is 24.1 Å². The van der Waals surface area contributed by atoms with Gasteiger partial charge in [0, 0.05) is 36.6 Å². The van der Waals surface area contributed by atoms with E-state index in [0.29, 0.717) is 17.7 Å². The maximum Gasteiger partial charge on any atom is 0.255 e. The van der Waals surface area contributed by atoms with Crippen LogP contribution in [-0.2, 0) is 11.3 Å². The number of amides is 1. The first-order valence-corrected chi connectivity index (χ1v) is 9.53. The van der Waals surface area contributed by atoms with Gasteiger partial charge in [0.25, 0.3) is 11.5 Å². The van der Waals surface area contributed by atoms with Crippen LogP contribution in [-0.4, -0.2) is 40.0 Å². The monoisotopic (exact) mass is 377 g/mol. The van der Waals surface area contributed by atoms with E-state index in [1.807, 2.05) is 31.2 Å². The summed E-state index contributed by atoms with van der Waals surface area (Å²) < 4.78 is 5.73. The molecule has 1 aromatic carbocycles. The first-order chi connectivity index (χ1) is 13.6. The second kappa shape index (κ2) is 7.94. The van der Waals surface area contributed by atoms with Crippen LogP contribution in [0, 0.1) is 6.92 Å². The highest BCUT2D eigenvalue weighted by molar-refractivity contribution is 5.94. The second-order valence-corrected chi connectivity index (χ2v) is 7.28. The standard InChI is InChI=1S/C22H23N3O3/c1-15-6-7-20-17(10-15)11-18(21(26)24-20)13-25(14-19-5-3-9-28-19)22(27)16-4-2-8-23-12-16/h2,4,6-8,10-12,19H,3,5,9,13-14H2,1H3,(H,24,26)/t19-/m0/s1. The lowest BCUT2D eigenvalue weighted by molar-refractivity contribution is 0.0506. The molecule has 1 atom stereocenters. The Labute approximate surface area is 163 Å². The van der Waals surface area contributed by atoms with Crippen LogP contribution in [0.15, 0.2) is 53.6 Å². The minimum atomic E-state index is -0.173. The summed E-state index contributed by atoms with van der Waals surface area (Å²) in [6.45, 7) is 3.42. The third-order valence-corrected chi connectivity index (χ3v) is 5.08. The van der Waals surface area contributed by atoms with Crippen LogP contribution in [0.25, 0.3) is 10.9 Å². The molecule has 3 heterocycles. The van der Waals surface area contributed by atoms with Crippen molar-refractivity contribution in [2.75, 3.05) is 13.2 Å². The lowest BCUT2D eigenvalue weighted by atomic mass is 10.1. The molecule has 6 heteroatoms. The largest absolute Gasteiger partial charge is 0.376 e. The zero-order valence-electron chi connectivity index (χ0n) is 15.9. The lowest BCUT2D eigenvalue weighted by Crippen LogP contribution is -2.38. The fraction of sp³-hybridized carbons (Fsp3) is 0.318. The van der Waals surface area contributed by atoms with Crippen molar-refractivity contribution in [3.05, 3.63) is 75.8 Å². The van der Waals surface area contributed by atoms with E-state index < -0.39 is 0 Å². The molecule has 2 aromatic heterocycles. The van der Waals surface area contributed by atoms with Gasteiger partial charge in [-0.3, -0.25) is 14.6 Å². The summed E-state index contributed by atoms with van der Waals surface area (Å²) >= 11 is 0. The number of carbonyl (C=O) groups is 1. The quantitative estimate of drug-likeness (QED) is 0.742. The average molecular weight is 377 g/mol. The van der Waals surface area contributed by atoms with Gasteiger partial charge in [0.05, 0.1) is 18.2 Å². The molecule has 1 N–H and O–H groups in total. The number of rotatable bonds is 5. The van der Waals surface area contributed by atoms with E-state index in [0.717, 1.165) is 35.9 Å². The Kier molecular flexibility index (Phi) is 5.21. The molecule has 0 bridgehead atoms. The average Bonchev–Trinajstić information content (AvgIpc) is 3.21. The van der Waals surface area contributed by atoms with Crippen LogP contribution >= 0.6 is 0 Å². The fourth-order valence-corrected chi connectivity index (χ4v) is 3.62. The van der Waals surface area contributed by atoms with Crippen LogP contribution < -0.4 is 5.56 Å². The number of pyridine rings is 2. The first kappa shape index (κ1) is 18.4. The third-order valence-electron chi connectivity index (χ3n) is 5.08. The van der Waals surface area contributed by atoms with Gasteiger partial charge in [-0.25, -0.2) is 0 Å². The summed E-state index contributed by atoms with van der Waals surface area (Å²) in [5, 5.41) is 0.959. The maximum absolute atomic E-state index is 13.1. The highest BCUT2D eigenvalue weighted by Gasteiger charge is 2.24. The maximum atomic E-state index is 13.1. The zero-order chi connectivity index (χ0) is 19.5. The Morgan fingerprint density at radius 1 is 1.32 bits per heavy atom. The fourth-order valence-electron chi connectivity index (χ4n) is 3.62. The Morgan fingerprint density at radius 2 is 2.21 bits per heavy atom. The first-order valence-electron chi connectivity index (χ1n) is 9.53. The lowest BCUT2D eigenvalue weighted by Gasteiger charge is -2.25. The molecule has 3 aromatic rings. The summed E-state index contributed by atoms with van der Waals surface area (Å²) in [4.78, 5) is 34.4. The molecule has 6 nitrogen and oxygen atoms in total.